The molecule has 1 fully saturated rings. The standard InChI is InChI=1S/C13H18INS/c14-13-8-10-11(2-1-3-12(10)16-13)15-7-6-9-4-5-9/h8-9,11,15H,1-7H2. The molecule has 3 rings (SSSR count). The fourth-order valence-electron chi connectivity index (χ4n) is 2.60. The quantitative estimate of drug-likeness (QED) is 0.808. The number of fused-ring (bicyclic) bond motifs is 1. The first kappa shape index (κ1) is 11.5. The van der Waals surface area contributed by atoms with Crippen LogP contribution in [0.15, 0.2) is 6.07 Å². The van der Waals surface area contributed by atoms with Crippen LogP contribution in [0.25, 0.3) is 0 Å². The first-order valence-corrected chi connectivity index (χ1v) is 8.24. The highest BCUT2D eigenvalue weighted by atomic mass is 127. The Morgan fingerprint density at radius 2 is 2.25 bits per heavy atom. The molecule has 0 aromatic carbocycles. The van der Waals surface area contributed by atoms with Crippen LogP contribution in [0.1, 0.15) is 48.6 Å². The Hall–Kier alpha value is 0.390. The summed E-state index contributed by atoms with van der Waals surface area (Å²) in [6.45, 7) is 1.22. The number of thiophene rings is 1. The van der Waals surface area contributed by atoms with E-state index in [0.29, 0.717) is 6.04 Å². The van der Waals surface area contributed by atoms with Crippen LogP contribution in [0.4, 0.5) is 0 Å². The molecule has 1 aromatic rings. The summed E-state index contributed by atoms with van der Waals surface area (Å²) < 4.78 is 1.46. The lowest BCUT2D eigenvalue weighted by atomic mass is 9.94. The van der Waals surface area contributed by atoms with Crippen molar-refractivity contribution in [1.82, 2.24) is 5.32 Å². The second-order valence-corrected chi connectivity index (χ2v) is 8.09. The number of aryl methyl sites for hydroxylation is 1. The zero-order valence-corrected chi connectivity index (χ0v) is 12.4. The van der Waals surface area contributed by atoms with Gasteiger partial charge in [0.1, 0.15) is 0 Å². The van der Waals surface area contributed by atoms with Gasteiger partial charge in [-0.25, -0.2) is 0 Å². The second-order valence-electron chi connectivity index (χ2n) is 5.06. The van der Waals surface area contributed by atoms with Gasteiger partial charge in [-0.15, -0.1) is 11.3 Å². The van der Waals surface area contributed by atoms with Gasteiger partial charge in [-0.05, 0) is 72.4 Å². The minimum atomic E-state index is 0.655. The van der Waals surface area contributed by atoms with Crippen LogP contribution >= 0.6 is 33.9 Å². The molecular weight excluding hydrogens is 329 g/mol. The summed E-state index contributed by atoms with van der Waals surface area (Å²) in [6, 6.07) is 3.05. The van der Waals surface area contributed by atoms with E-state index in [9.17, 15) is 0 Å². The van der Waals surface area contributed by atoms with Gasteiger partial charge >= 0.3 is 0 Å². The summed E-state index contributed by atoms with van der Waals surface area (Å²) in [5, 5.41) is 3.77. The fraction of sp³-hybridized carbons (Fsp3) is 0.692. The zero-order valence-electron chi connectivity index (χ0n) is 9.47. The molecule has 1 unspecified atom stereocenters. The lowest BCUT2D eigenvalue weighted by Gasteiger charge is -2.23. The van der Waals surface area contributed by atoms with Crippen LogP contribution in [-0.4, -0.2) is 6.54 Å². The van der Waals surface area contributed by atoms with Crippen LogP contribution in [0, 0.1) is 8.80 Å². The maximum Gasteiger partial charge on any atom is 0.0659 e. The molecule has 2 aliphatic carbocycles. The third kappa shape index (κ3) is 2.62. The molecule has 1 nitrogen and oxygen atoms in total. The van der Waals surface area contributed by atoms with E-state index in [1.807, 2.05) is 11.3 Å². The van der Waals surface area contributed by atoms with Gasteiger partial charge in [0.2, 0.25) is 0 Å². The maximum atomic E-state index is 3.77. The Kier molecular flexibility index (Phi) is 3.55. The van der Waals surface area contributed by atoms with Crippen LogP contribution in [0.2, 0.25) is 0 Å². The van der Waals surface area contributed by atoms with Gasteiger partial charge in [-0.3, -0.25) is 0 Å². The van der Waals surface area contributed by atoms with Crippen molar-refractivity contribution in [3.8, 4) is 0 Å². The molecule has 1 N–H and O–H groups in total. The van der Waals surface area contributed by atoms with Gasteiger partial charge in [-0.2, -0.15) is 0 Å². The van der Waals surface area contributed by atoms with Crippen molar-refractivity contribution in [3.63, 3.8) is 0 Å². The van der Waals surface area contributed by atoms with E-state index in [1.165, 1.54) is 48.0 Å². The molecule has 0 saturated heterocycles. The lowest BCUT2D eigenvalue weighted by molar-refractivity contribution is 0.452. The van der Waals surface area contributed by atoms with Crippen molar-refractivity contribution in [2.75, 3.05) is 6.54 Å². The highest BCUT2D eigenvalue weighted by Gasteiger charge is 2.24. The predicted molar refractivity (Wildman–Crippen MR) is 78.1 cm³/mol. The molecule has 3 heteroatoms. The number of rotatable bonds is 4. The smallest absolute Gasteiger partial charge is 0.0659 e. The van der Waals surface area contributed by atoms with E-state index in [1.54, 1.807) is 10.4 Å². The van der Waals surface area contributed by atoms with E-state index in [4.69, 9.17) is 0 Å². The Morgan fingerprint density at radius 3 is 3.06 bits per heavy atom. The van der Waals surface area contributed by atoms with Crippen molar-refractivity contribution in [2.45, 2.75) is 44.6 Å². The Bertz CT molecular complexity index is 370. The van der Waals surface area contributed by atoms with E-state index < -0.39 is 0 Å². The van der Waals surface area contributed by atoms with Crippen molar-refractivity contribution in [1.29, 1.82) is 0 Å². The molecule has 2 aliphatic rings. The van der Waals surface area contributed by atoms with Gasteiger partial charge in [0.15, 0.2) is 0 Å². The van der Waals surface area contributed by atoms with E-state index in [-0.39, 0.29) is 0 Å². The molecule has 0 aliphatic heterocycles. The van der Waals surface area contributed by atoms with Crippen molar-refractivity contribution in [2.24, 2.45) is 5.92 Å². The zero-order chi connectivity index (χ0) is 11.0. The van der Waals surface area contributed by atoms with Crippen molar-refractivity contribution < 1.29 is 0 Å². The summed E-state index contributed by atoms with van der Waals surface area (Å²) in [7, 11) is 0. The summed E-state index contributed by atoms with van der Waals surface area (Å²) in [5.41, 5.74) is 1.61. The summed E-state index contributed by atoms with van der Waals surface area (Å²) in [5.74, 6) is 1.05. The average Bonchev–Trinajstić information content (AvgIpc) is 2.99. The third-order valence-corrected chi connectivity index (χ3v) is 5.70. The Labute approximate surface area is 115 Å². The number of hydrogen-bond acceptors (Lipinski definition) is 2. The largest absolute Gasteiger partial charge is 0.310 e. The van der Waals surface area contributed by atoms with Crippen LogP contribution in [0.5, 0.6) is 0 Å². The molecule has 88 valence electrons. The molecule has 0 bridgehead atoms. The summed E-state index contributed by atoms with van der Waals surface area (Å²) in [4.78, 5) is 1.64. The first-order valence-electron chi connectivity index (χ1n) is 6.34. The molecule has 1 aromatic heterocycles. The highest BCUT2D eigenvalue weighted by molar-refractivity contribution is 14.1. The maximum absolute atomic E-state index is 3.77. The molecule has 1 heterocycles. The SMILES string of the molecule is Ic1cc2c(s1)CCCC2NCCC1CC1. The molecular formula is C13H18INS. The van der Waals surface area contributed by atoms with Crippen molar-refractivity contribution >= 4 is 33.9 Å². The van der Waals surface area contributed by atoms with Crippen LogP contribution < -0.4 is 5.32 Å². The van der Waals surface area contributed by atoms with Gasteiger partial charge < -0.3 is 5.32 Å². The van der Waals surface area contributed by atoms with E-state index in [0.717, 1.165) is 5.92 Å². The highest BCUT2D eigenvalue weighted by Crippen LogP contribution is 2.37. The monoisotopic (exact) mass is 347 g/mol. The van der Waals surface area contributed by atoms with Gasteiger partial charge in [0, 0.05) is 10.9 Å². The number of nitrogens with one attached hydrogen (secondary N) is 1. The molecule has 1 atom stereocenters. The number of hydrogen-bond donors (Lipinski definition) is 1. The van der Waals surface area contributed by atoms with Gasteiger partial charge in [0.05, 0.1) is 2.88 Å². The minimum absolute atomic E-state index is 0.655. The molecule has 1 saturated carbocycles. The molecule has 0 amide bonds. The molecule has 16 heavy (non-hydrogen) atoms. The lowest BCUT2D eigenvalue weighted by Crippen LogP contribution is -2.25. The predicted octanol–water partition coefficient (Wildman–Crippen LogP) is 4.12. The molecule has 0 radical (unpaired) electrons. The summed E-state index contributed by atoms with van der Waals surface area (Å²) >= 11 is 4.45. The minimum Gasteiger partial charge on any atom is -0.310 e. The fourth-order valence-corrected chi connectivity index (χ4v) is 4.72. The third-order valence-electron chi connectivity index (χ3n) is 3.72. The summed E-state index contributed by atoms with van der Waals surface area (Å²) in [6.07, 6.45) is 8.37. The molecule has 0 spiro atoms. The Balaban J connectivity index is 1.61. The van der Waals surface area contributed by atoms with Crippen molar-refractivity contribution in [3.05, 3.63) is 19.4 Å². The van der Waals surface area contributed by atoms with Gasteiger partial charge in [0.25, 0.3) is 0 Å². The normalized spacial score (nSPS) is 24.4. The first-order chi connectivity index (χ1) is 7.83. The Morgan fingerprint density at radius 1 is 1.38 bits per heavy atom. The second kappa shape index (κ2) is 4.94. The van der Waals surface area contributed by atoms with E-state index in [2.05, 4.69) is 34.0 Å². The topological polar surface area (TPSA) is 12.0 Å². The van der Waals surface area contributed by atoms with Gasteiger partial charge in [-0.1, -0.05) is 12.8 Å². The van der Waals surface area contributed by atoms with E-state index >= 15 is 0 Å². The van der Waals surface area contributed by atoms with Crippen LogP contribution in [-0.2, 0) is 6.42 Å². The number of halogens is 1. The van der Waals surface area contributed by atoms with Crippen LogP contribution in [0.3, 0.4) is 0 Å². The average molecular weight is 347 g/mol.